The van der Waals surface area contributed by atoms with Crippen LogP contribution in [-0.4, -0.2) is 35.0 Å². The van der Waals surface area contributed by atoms with Crippen molar-refractivity contribution in [3.8, 4) is 0 Å². The Morgan fingerprint density at radius 3 is 2.56 bits per heavy atom. The molecule has 0 aliphatic carbocycles. The summed E-state index contributed by atoms with van der Waals surface area (Å²) in [5.74, 6) is -3.65. The van der Waals surface area contributed by atoms with Crippen molar-refractivity contribution >= 4 is 34.9 Å². The van der Waals surface area contributed by atoms with Gasteiger partial charge in [-0.15, -0.1) is 0 Å². The van der Waals surface area contributed by atoms with Gasteiger partial charge in [0.25, 0.3) is 17.1 Å². The molecule has 138 valence electrons. The second-order valence-corrected chi connectivity index (χ2v) is 6.59. The molecule has 0 saturated carbocycles. The second kappa shape index (κ2) is 8.13. The molecule has 0 bridgehead atoms. The number of hydrogen-bond donors (Lipinski definition) is 1. The van der Waals surface area contributed by atoms with E-state index in [1.54, 1.807) is 6.08 Å². The van der Waals surface area contributed by atoms with Gasteiger partial charge < -0.3 is 5.32 Å². The Kier molecular flexibility index (Phi) is 5.66. The summed E-state index contributed by atoms with van der Waals surface area (Å²) < 4.78 is 26.8. The van der Waals surface area contributed by atoms with Gasteiger partial charge in [0.05, 0.1) is 10.5 Å². The Hall–Kier alpha value is -3.00. The van der Waals surface area contributed by atoms with Crippen molar-refractivity contribution in [2.75, 3.05) is 13.1 Å². The fourth-order valence-electron chi connectivity index (χ4n) is 2.45. The number of rotatable bonds is 5. The Balaban J connectivity index is 1.60. The molecule has 1 aliphatic rings. The van der Waals surface area contributed by atoms with Gasteiger partial charge in [-0.3, -0.25) is 19.3 Å². The highest BCUT2D eigenvalue weighted by Gasteiger charge is 2.34. The van der Waals surface area contributed by atoms with Crippen LogP contribution < -0.4 is 5.32 Å². The maximum atomic E-state index is 13.6. The van der Waals surface area contributed by atoms with Crippen LogP contribution in [0.2, 0.25) is 0 Å². The lowest BCUT2D eigenvalue weighted by atomic mass is 10.2. The van der Waals surface area contributed by atoms with E-state index in [1.165, 1.54) is 6.07 Å². The fourth-order valence-corrected chi connectivity index (χ4v) is 3.31. The van der Waals surface area contributed by atoms with Crippen molar-refractivity contribution in [2.24, 2.45) is 0 Å². The largest absolute Gasteiger partial charge is 0.350 e. The number of imide groups is 1. The first-order valence-corrected chi connectivity index (χ1v) is 8.81. The summed E-state index contributed by atoms with van der Waals surface area (Å²) in [6.07, 6.45) is 1.62. The van der Waals surface area contributed by atoms with E-state index in [0.717, 1.165) is 34.4 Å². The molecule has 27 heavy (non-hydrogen) atoms. The van der Waals surface area contributed by atoms with Gasteiger partial charge in [0, 0.05) is 13.1 Å². The highest BCUT2D eigenvalue weighted by Crippen LogP contribution is 2.31. The van der Waals surface area contributed by atoms with Crippen molar-refractivity contribution in [1.29, 1.82) is 0 Å². The molecule has 0 spiro atoms. The van der Waals surface area contributed by atoms with Crippen LogP contribution in [0.15, 0.2) is 53.4 Å². The van der Waals surface area contributed by atoms with Crippen molar-refractivity contribution in [3.05, 3.63) is 76.2 Å². The summed E-state index contributed by atoms with van der Waals surface area (Å²) in [5, 5.41) is 1.93. The number of hydrogen-bond acceptors (Lipinski definition) is 4. The van der Waals surface area contributed by atoms with Gasteiger partial charge in [0.2, 0.25) is 0 Å². The number of nitrogens with zero attached hydrogens (tertiary/aromatic N) is 1. The molecule has 1 aliphatic heterocycles. The zero-order chi connectivity index (χ0) is 19.4. The maximum absolute atomic E-state index is 13.6. The summed E-state index contributed by atoms with van der Waals surface area (Å²) in [4.78, 5) is 37.6. The number of carbonyl (C=O) groups excluding carboxylic acids is 3. The van der Waals surface area contributed by atoms with Crippen LogP contribution in [0.1, 0.15) is 15.9 Å². The van der Waals surface area contributed by atoms with Crippen LogP contribution in [0.3, 0.4) is 0 Å². The van der Waals surface area contributed by atoms with Crippen LogP contribution in [0.5, 0.6) is 0 Å². The summed E-state index contributed by atoms with van der Waals surface area (Å²) in [5.41, 5.74) is 0.353. The molecule has 1 saturated heterocycles. The first-order chi connectivity index (χ1) is 13.0. The lowest BCUT2D eigenvalue weighted by Crippen LogP contribution is -2.37. The number of thioether (sulfide) groups is 1. The molecule has 0 unspecified atom stereocenters. The molecule has 0 atom stereocenters. The average Bonchev–Trinajstić information content (AvgIpc) is 2.92. The van der Waals surface area contributed by atoms with Crippen molar-refractivity contribution < 1.29 is 23.2 Å². The number of nitrogens with one attached hydrogen (secondary N) is 1. The Bertz CT molecular complexity index is 932. The molecule has 1 fully saturated rings. The minimum absolute atomic E-state index is 0.0700. The van der Waals surface area contributed by atoms with Crippen LogP contribution >= 0.6 is 11.8 Å². The molecule has 5 nitrogen and oxygen atoms in total. The highest BCUT2D eigenvalue weighted by atomic mass is 32.2. The van der Waals surface area contributed by atoms with Gasteiger partial charge in [0.15, 0.2) is 11.6 Å². The smallest absolute Gasteiger partial charge is 0.293 e. The van der Waals surface area contributed by atoms with Gasteiger partial charge in [-0.2, -0.15) is 0 Å². The van der Waals surface area contributed by atoms with E-state index in [0.29, 0.717) is 0 Å². The molecular formula is C19H14F2N2O3S. The molecule has 1 N–H and O–H groups in total. The quantitative estimate of drug-likeness (QED) is 0.797. The second-order valence-electron chi connectivity index (χ2n) is 5.60. The standard InChI is InChI=1S/C19H14F2N2O3S/c20-14-8-4-7-13(16(14)21)17(24)22-9-10-23-18(25)15(27-19(23)26)11-12-5-2-1-3-6-12/h1-8,11H,9-10H2,(H,22,24). The molecule has 1 heterocycles. The van der Waals surface area contributed by atoms with E-state index in [1.807, 2.05) is 30.3 Å². The van der Waals surface area contributed by atoms with E-state index >= 15 is 0 Å². The van der Waals surface area contributed by atoms with Gasteiger partial charge in [-0.05, 0) is 35.5 Å². The molecule has 8 heteroatoms. The van der Waals surface area contributed by atoms with Crippen LogP contribution in [0.4, 0.5) is 13.6 Å². The summed E-state index contributed by atoms with van der Waals surface area (Å²) in [7, 11) is 0. The lowest BCUT2D eigenvalue weighted by molar-refractivity contribution is -0.122. The van der Waals surface area contributed by atoms with Crippen LogP contribution in [0.25, 0.3) is 6.08 Å². The van der Waals surface area contributed by atoms with Gasteiger partial charge in [-0.1, -0.05) is 36.4 Å². The SMILES string of the molecule is O=C(NCCN1C(=O)SC(=Cc2ccccc2)C1=O)c1cccc(F)c1F. The molecule has 2 aromatic carbocycles. The van der Waals surface area contributed by atoms with Crippen molar-refractivity contribution in [1.82, 2.24) is 10.2 Å². The Morgan fingerprint density at radius 1 is 1.07 bits per heavy atom. The van der Waals surface area contributed by atoms with E-state index in [-0.39, 0.29) is 18.0 Å². The molecule has 0 aromatic heterocycles. The Labute approximate surface area is 158 Å². The predicted octanol–water partition coefficient (Wildman–Crippen LogP) is 3.43. The molecular weight excluding hydrogens is 374 g/mol. The van der Waals surface area contributed by atoms with Gasteiger partial charge in [-0.25, -0.2) is 8.78 Å². The Morgan fingerprint density at radius 2 is 1.81 bits per heavy atom. The average molecular weight is 388 g/mol. The van der Waals surface area contributed by atoms with Crippen LogP contribution in [0, 0.1) is 11.6 Å². The maximum Gasteiger partial charge on any atom is 0.293 e. The third-order valence-corrected chi connectivity index (χ3v) is 4.70. The lowest BCUT2D eigenvalue weighted by Gasteiger charge is -2.13. The van der Waals surface area contributed by atoms with Gasteiger partial charge in [0.1, 0.15) is 0 Å². The number of benzene rings is 2. The number of amides is 3. The summed E-state index contributed by atoms with van der Waals surface area (Å²) in [6, 6.07) is 12.4. The first-order valence-electron chi connectivity index (χ1n) is 8.00. The van der Waals surface area contributed by atoms with Gasteiger partial charge >= 0.3 is 0 Å². The normalized spacial score (nSPS) is 15.5. The van der Waals surface area contributed by atoms with Crippen LogP contribution in [-0.2, 0) is 4.79 Å². The van der Waals surface area contributed by atoms with E-state index in [9.17, 15) is 23.2 Å². The zero-order valence-electron chi connectivity index (χ0n) is 13.9. The number of halogens is 2. The minimum Gasteiger partial charge on any atom is -0.350 e. The van der Waals surface area contributed by atoms with E-state index in [2.05, 4.69) is 5.32 Å². The number of carbonyl (C=O) groups is 3. The highest BCUT2D eigenvalue weighted by molar-refractivity contribution is 8.18. The molecule has 0 radical (unpaired) electrons. The molecule has 3 rings (SSSR count). The summed E-state index contributed by atoms with van der Waals surface area (Å²) >= 11 is 0.812. The predicted molar refractivity (Wildman–Crippen MR) is 97.8 cm³/mol. The zero-order valence-corrected chi connectivity index (χ0v) is 14.8. The topological polar surface area (TPSA) is 66.5 Å². The van der Waals surface area contributed by atoms with Crippen molar-refractivity contribution in [2.45, 2.75) is 0 Å². The monoisotopic (exact) mass is 388 g/mol. The minimum atomic E-state index is -1.24. The fraction of sp³-hybridized carbons (Fsp3) is 0.105. The van der Waals surface area contributed by atoms with Crippen molar-refractivity contribution in [3.63, 3.8) is 0 Å². The first kappa shape index (κ1) is 18.8. The third-order valence-electron chi connectivity index (χ3n) is 3.79. The van der Waals surface area contributed by atoms with E-state index < -0.39 is 34.3 Å². The molecule has 3 amide bonds. The third kappa shape index (κ3) is 4.22. The van der Waals surface area contributed by atoms with E-state index in [4.69, 9.17) is 0 Å². The molecule has 2 aromatic rings. The summed E-state index contributed by atoms with van der Waals surface area (Å²) in [6.45, 7) is -0.148.